The van der Waals surface area contributed by atoms with Crippen molar-refractivity contribution in [2.24, 2.45) is 4.99 Å². The van der Waals surface area contributed by atoms with Crippen LogP contribution in [0.2, 0.25) is 5.02 Å². The van der Waals surface area contributed by atoms with Gasteiger partial charge in [0.25, 0.3) is 5.69 Å². The summed E-state index contributed by atoms with van der Waals surface area (Å²) in [6.45, 7) is 0. The molecule has 0 bridgehead atoms. The zero-order chi connectivity index (χ0) is 22.2. The Hall–Kier alpha value is -4.23. The molecular formula is C24H14ClN3O4. The number of aromatic nitrogens is 1. The van der Waals surface area contributed by atoms with Gasteiger partial charge in [-0.1, -0.05) is 29.8 Å². The summed E-state index contributed by atoms with van der Waals surface area (Å²) in [4.78, 5) is 19.6. The first-order valence-corrected chi connectivity index (χ1v) is 9.97. The van der Waals surface area contributed by atoms with E-state index in [1.54, 1.807) is 36.4 Å². The number of benzene rings is 4. The number of nitro groups is 1. The SMILES string of the molecule is O=[N+]([O-])c1ccc2c(C=Nc3ccc4oc(-c5ccccc5Cl)nc4c3)c(O)ccc2c1. The molecule has 0 fully saturated rings. The Kier molecular flexibility index (Phi) is 4.80. The summed E-state index contributed by atoms with van der Waals surface area (Å²) in [6, 6.07) is 20.2. The van der Waals surface area contributed by atoms with E-state index in [1.165, 1.54) is 24.4 Å². The minimum absolute atomic E-state index is 0.0168. The zero-order valence-corrected chi connectivity index (χ0v) is 17.2. The molecule has 0 atom stereocenters. The van der Waals surface area contributed by atoms with E-state index in [4.69, 9.17) is 16.0 Å². The van der Waals surface area contributed by atoms with Gasteiger partial charge in [0.15, 0.2) is 5.58 Å². The molecule has 0 radical (unpaired) electrons. The van der Waals surface area contributed by atoms with Gasteiger partial charge in [0, 0.05) is 23.9 Å². The van der Waals surface area contributed by atoms with Crippen molar-refractivity contribution < 1.29 is 14.4 Å². The average molecular weight is 444 g/mol. The molecule has 1 N–H and O–H groups in total. The fourth-order valence-electron chi connectivity index (χ4n) is 3.46. The molecular weight excluding hydrogens is 430 g/mol. The van der Waals surface area contributed by atoms with E-state index in [0.717, 1.165) is 0 Å². The summed E-state index contributed by atoms with van der Waals surface area (Å²) < 4.78 is 5.82. The maximum absolute atomic E-state index is 11.0. The third-order valence-electron chi connectivity index (χ3n) is 5.05. The maximum atomic E-state index is 11.0. The lowest BCUT2D eigenvalue weighted by atomic mass is 10.0. The summed E-state index contributed by atoms with van der Waals surface area (Å²) in [5.41, 5.74) is 2.97. The molecule has 0 unspecified atom stereocenters. The van der Waals surface area contributed by atoms with E-state index in [1.807, 2.05) is 18.2 Å². The Bertz CT molecular complexity index is 1540. The highest BCUT2D eigenvalue weighted by molar-refractivity contribution is 6.33. The quantitative estimate of drug-likeness (QED) is 0.190. The van der Waals surface area contributed by atoms with Gasteiger partial charge in [-0.05, 0) is 53.2 Å². The number of aromatic hydroxyl groups is 1. The molecule has 0 amide bonds. The Balaban J connectivity index is 1.52. The normalized spacial score (nSPS) is 11.5. The van der Waals surface area contributed by atoms with Gasteiger partial charge in [-0.3, -0.25) is 15.1 Å². The van der Waals surface area contributed by atoms with Crippen molar-refractivity contribution in [1.29, 1.82) is 0 Å². The number of nitrogens with zero attached hydrogens (tertiary/aromatic N) is 3. The van der Waals surface area contributed by atoms with Crippen molar-refractivity contribution >= 4 is 51.1 Å². The third-order valence-corrected chi connectivity index (χ3v) is 5.38. The minimum Gasteiger partial charge on any atom is -0.507 e. The fourth-order valence-corrected chi connectivity index (χ4v) is 3.68. The number of nitro benzene ring substituents is 1. The molecule has 32 heavy (non-hydrogen) atoms. The predicted octanol–water partition coefficient (Wildman–Crippen LogP) is 6.67. The maximum Gasteiger partial charge on any atom is 0.270 e. The van der Waals surface area contributed by atoms with Crippen molar-refractivity contribution in [1.82, 2.24) is 4.98 Å². The summed E-state index contributed by atoms with van der Waals surface area (Å²) in [5.74, 6) is 0.443. The molecule has 0 saturated carbocycles. The van der Waals surface area contributed by atoms with Crippen LogP contribution in [-0.4, -0.2) is 21.2 Å². The standard InChI is InChI=1S/C24H14ClN3O4/c25-20-4-2-1-3-18(20)24-27-21-12-15(6-10-23(21)32-24)26-13-19-17-8-7-16(28(30)31)11-14(17)5-9-22(19)29/h1-13,29H. The lowest BCUT2D eigenvalue weighted by molar-refractivity contribution is -0.384. The van der Waals surface area contributed by atoms with E-state index in [0.29, 0.717) is 49.6 Å². The number of phenolic OH excluding ortho intramolecular Hbond substituents is 1. The Labute approximate surface area is 186 Å². The first-order valence-electron chi connectivity index (χ1n) is 9.59. The van der Waals surface area contributed by atoms with Crippen LogP contribution in [0, 0.1) is 10.1 Å². The van der Waals surface area contributed by atoms with Gasteiger partial charge in [0.05, 0.1) is 21.2 Å². The van der Waals surface area contributed by atoms with Crippen LogP contribution in [0.5, 0.6) is 5.75 Å². The van der Waals surface area contributed by atoms with Crippen molar-refractivity contribution in [2.75, 3.05) is 0 Å². The molecule has 7 nitrogen and oxygen atoms in total. The van der Waals surface area contributed by atoms with Crippen molar-refractivity contribution in [3.8, 4) is 17.2 Å². The van der Waals surface area contributed by atoms with Crippen molar-refractivity contribution in [3.05, 3.63) is 93.5 Å². The van der Waals surface area contributed by atoms with E-state index >= 15 is 0 Å². The second-order valence-electron chi connectivity index (χ2n) is 7.07. The molecule has 5 rings (SSSR count). The molecule has 0 aliphatic rings. The van der Waals surface area contributed by atoms with Gasteiger partial charge >= 0.3 is 0 Å². The molecule has 5 aromatic rings. The number of hydrogen-bond acceptors (Lipinski definition) is 6. The van der Waals surface area contributed by atoms with Crippen molar-refractivity contribution in [2.45, 2.75) is 0 Å². The minimum atomic E-state index is -0.454. The zero-order valence-electron chi connectivity index (χ0n) is 16.4. The molecule has 1 heterocycles. The molecule has 0 aliphatic carbocycles. The number of aliphatic imine (C=N–C) groups is 1. The molecule has 0 aliphatic heterocycles. The van der Waals surface area contributed by atoms with Crippen molar-refractivity contribution in [3.63, 3.8) is 0 Å². The van der Waals surface area contributed by atoms with Gasteiger partial charge in [0.1, 0.15) is 11.3 Å². The largest absolute Gasteiger partial charge is 0.507 e. The molecule has 1 aromatic heterocycles. The Morgan fingerprint density at radius 2 is 1.91 bits per heavy atom. The summed E-state index contributed by atoms with van der Waals surface area (Å²) >= 11 is 6.24. The fraction of sp³-hybridized carbons (Fsp3) is 0. The van der Waals surface area contributed by atoms with E-state index in [-0.39, 0.29) is 11.4 Å². The first-order chi connectivity index (χ1) is 15.5. The van der Waals surface area contributed by atoms with Crippen LogP contribution in [0.1, 0.15) is 5.56 Å². The van der Waals surface area contributed by atoms with E-state index < -0.39 is 4.92 Å². The molecule has 8 heteroatoms. The second kappa shape index (κ2) is 7.79. The molecule has 156 valence electrons. The summed E-state index contributed by atoms with van der Waals surface area (Å²) in [6.07, 6.45) is 1.53. The highest BCUT2D eigenvalue weighted by Crippen LogP contribution is 2.32. The van der Waals surface area contributed by atoms with Gasteiger partial charge in [0.2, 0.25) is 5.89 Å². The highest BCUT2D eigenvalue weighted by atomic mass is 35.5. The molecule has 4 aromatic carbocycles. The van der Waals surface area contributed by atoms with Crippen LogP contribution >= 0.6 is 11.6 Å². The lowest BCUT2D eigenvalue weighted by Gasteiger charge is -2.05. The number of rotatable bonds is 4. The van der Waals surface area contributed by atoms with Crippen LogP contribution in [0.4, 0.5) is 11.4 Å². The average Bonchev–Trinajstić information content (AvgIpc) is 3.21. The number of phenols is 1. The van der Waals surface area contributed by atoms with Crippen LogP contribution in [0.3, 0.4) is 0 Å². The molecule has 0 saturated heterocycles. The second-order valence-corrected chi connectivity index (χ2v) is 7.48. The highest BCUT2D eigenvalue weighted by Gasteiger charge is 2.12. The number of fused-ring (bicyclic) bond motifs is 2. The first kappa shape index (κ1) is 19.7. The number of non-ortho nitro benzene ring substituents is 1. The number of halogens is 1. The summed E-state index contributed by atoms with van der Waals surface area (Å²) in [7, 11) is 0. The van der Waals surface area contributed by atoms with Crippen LogP contribution in [0.25, 0.3) is 33.3 Å². The van der Waals surface area contributed by atoms with E-state index in [2.05, 4.69) is 9.98 Å². The van der Waals surface area contributed by atoms with Gasteiger partial charge in [-0.25, -0.2) is 4.98 Å². The van der Waals surface area contributed by atoms with Crippen LogP contribution in [0.15, 0.2) is 82.2 Å². The summed E-state index contributed by atoms with van der Waals surface area (Å²) in [5, 5.41) is 23.2. The van der Waals surface area contributed by atoms with Crippen LogP contribution < -0.4 is 0 Å². The topological polar surface area (TPSA) is 102 Å². The number of oxazole rings is 1. The third kappa shape index (κ3) is 3.55. The number of hydrogen-bond donors (Lipinski definition) is 1. The van der Waals surface area contributed by atoms with Gasteiger partial charge in [-0.2, -0.15) is 0 Å². The molecule has 0 spiro atoms. The monoisotopic (exact) mass is 443 g/mol. The van der Waals surface area contributed by atoms with Gasteiger partial charge < -0.3 is 9.52 Å². The Morgan fingerprint density at radius 3 is 2.72 bits per heavy atom. The lowest BCUT2D eigenvalue weighted by Crippen LogP contribution is -1.90. The Morgan fingerprint density at radius 1 is 1.06 bits per heavy atom. The van der Waals surface area contributed by atoms with Gasteiger partial charge in [-0.15, -0.1) is 0 Å². The predicted molar refractivity (Wildman–Crippen MR) is 124 cm³/mol. The van der Waals surface area contributed by atoms with E-state index in [9.17, 15) is 15.2 Å². The van der Waals surface area contributed by atoms with Crippen LogP contribution in [-0.2, 0) is 0 Å². The smallest absolute Gasteiger partial charge is 0.270 e.